The van der Waals surface area contributed by atoms with Crippen molar-refractivity contribution in [2.75, 3.05) is 25.1 Å². The highest BCUT2D eigenvalue weighted by atomic mass is 19.1. The molecule has 0 saturated heterocycles. The van der Waals surface area contributed by atoms with Gasteiger partial charge in [0.2, 0.25) is 0 Å². The number of rotatable bonds is 10. The highest BCUT2D eigenvalue weighted by Crippen LogP contribution is 2.30. The van der Waals surface area contributed by atoms with Gasteiger partial charge in [0.25, 0.3) is 11.8 Å². The maximum Gasteiger partial charge on any atom is 0.278 e. The second-order valence-electron chi connectivity index (χ2n) is 7.33. The molecule has 1 aliphatic heterocycles. The molecule has 0 aliphatic carbocycles. The summed E-state index contributed by atoms with van der Waals surface area (Å²) in [5, 5.41) is 3.03. The summed E-state index contributed by atoms with van der Waals surface area (Å²) in [6.45, 7) is 5.52. The Labute approximate surface area is 176 Å². The number of aryl methyl sites for hydroxylation is 1. The zero-order chi connectivity index (χ0) is 21.5. The van der Waals surface area contributed by atoms with Crippen LogP contribution >= 0.6 is 0 Å². The van der Waals surface area contributed by atoms with Crippen molar-refractivity contribution >= 4 is 23.1 Å². The monoisotopic (exact) mass is 410 g/mol. The lowest BCUT2D eigenvalue weighted by Gasteiger charge is -2.15. The molecule has 1 heterocycles. The van der Waals surface area contributed by atoms with E-state index in [1.165, 1.54) is 29.2 Å². The Kier molecular flexibility index (Phi) is 7.36. The Morgan fingerprint density at radius 1 is 0.933 bits per heavy atom. The Hall–Kier alpha value is -2.99. The second kappa shape index (κ2) is 10.2. The van der Waals surface area contributed by atoms with E-state index in [1.54, 1.807) is 0 Å². The van der Waals surface area contributed by atoms with Gasteiger partial charge in [-0.05, 0) is 49.6 Å². The van der Waals surface area contributed by atoms with E-state index >= 15 is 0 Å². The number of unbranched alkanes of at least 4 members (excludes halogenated alkanes) is 1. The Bertz CT molecular complexity index is 920. The molecule has 3 rings (SSSR count). The Morgan fingerprint density at radius 3 is 2.27 bits per heavy atom. The van der Waals surface area contributed by atoms with Gasteiger partial charge in [-0.25, -0.2) is 4.39 Å². The molecular weight excluding hydrogens is 383 g/mol. The van der Waals surface area contributed by atoms with Crippen LogP contribution in [0.25, 0.3) is 5.57 Å². The molecule has 6 heteroatoms. The molecule has 5 nitrogen and oxygen atoms in total. The molecule has 0 bridgehead atoms. The number of imide groups is 1. The third kappa shape index (κ3) is 5.13. The lowest BCUT2D eigenvalue weighted by molar-refractivity contribution is -0.137. The van der Waals surface area contributed by atoms with Crippen LogP contribution in [0.15, 0.2) is 54.2 Å². The highest BCUT2D eigenvalue weighted by Gasteiger charge is 2.38. The van der Waals surface area contributed by atoms with Gasteiger partial charge in [0.05, 0.1) is 5.57 Å². The van der Waals surface area contributed by atoms with Gasteiger partial charge in [-0.2, -0.15) is 0 Å². The number of ether oxygens (including phenoxy) is 1. The van der Waals surface area contributed by atoms with Gasteiger partial charge in [-0.15, -0.1) is 0 Å². The summed E-state index contributed by atoms with van der Waals surface area (Å²) in [6, 6.07) is 13.2. The standard InChI is InChI=1S/C24H27FN2O3/c1-3-4-15-30-16-5-14-27-23(28)21(18-8-6-17(2)7-9-18)22(24(27)29)26-20-12-10-19(25)11-13-20/h6-13,26H,3-5,14-16H2,1-2H3. The second-order valence-corrected chi connectivity index (χ2v) is 7.33. The third-order valence-electron chi connectivity index (χ3n) is 4.93. The molecule has 0 aromatic heterocycles. The fraction of sp³-hybridized carbons (Fsp3) is 0.333. The van der Waals surface area contributed by atoms with Crippen LogP contribution in [0.1, 0.15) is 37.3 Å². The van der Waals surface area contributed by atoms with E-state index in [-0.39, 0.29) is 29.9 Å². The molecule has 158 valence electrons. The lowest BCUT2D eigenvalue weighted by atomic mass is 10.0. The van der Waals surface area contributed by atoms with Crippen molar-refractivity contribution in [3.63, 3.8) is 0 Å². The van der Waals surface area contributed by atoms with Crippen LogP contribution in [0.5, 0.6) is 0 Å². The van der Waals surface area contributed by atoms with Crippen LogP contribution < -0.4 is 5.32 Å². The van der Waals surface area contributed by atoms with Gasteiger partial charge in [-0.1, -0.05) is 43.2 Å². The van der Waals surface area contributed by atoms with E-state index in [1.807, 2.05) is 31.2 Å². The Morgan fingerprint density at radius 2 is 1.60 bits per heavy atom. The minimum absolute atomic E-state index is 0.211. The van der Waals surface area contributed by atoms with Crippen molar-refractivity contribution in [3.8, 4) is 0 Å². The van der Waals surface area contributed by atoms with Gasteiger partial charge < -0.3 is 10.1 Å². The molecule has 30 heavy (non-hydrogen) atoms. The van der Waals surface area contributed by atoms with Crippen molar-refractivity contribution in [2.24, 2.45) is 0 Å². The summed E-state index contributed by atoms with van der Waals surface area (Å²) in [7, 11) is 0. The first-order chi connectivity index (χ1) is 14.5. The molecule has 0 unspecified atom stereocenters. The maximum absolute atomic E-state index is 13.3. The quantitative estimate of drug-likeness (QED) is 0.462. The van der Waals surface area contributed by atoms with Crippen molar-refractivity contribution in [3.05, 3.63) is 71.2 Å². The number of nitrogens with zero attached hydrogens (tertiary/aromatic N) is 1. The van der Waals surface area contributed by atoms with Gasteiger partial charge in [0.1, 0.15) is 11.5 Å². The number of anilines is 1. The van der Waals surface area contributed by atoms with E-state index in [2.05, 4.69) is 12.2 Å². The molecule has 0 fully saturated rings. The number of hydrogen-bond acceptors (Lipinski definition) is 4. The first kappa shape index (κ1) is 21.7. The first-order valence-electron chi connectivity index (χ1n) is 10.3. The smallest absolute Gasteiger partial charge is 0.278 e. The van der Waals surface area contributed by atoms with E-state index in [4.69, 9.17) is 4.74 Å². The number of carbonyl (C=O) groups is 2. The highest BCUT2D eigenvalue weighted by molar-refractivity contribution is 6.36. The molecular formula is C24H27FN2O3. The molecule has 2 amide bonds. The van der Waals surface area contributed by atoms with Gasteiger partial charge in [0, 0.05) is 25.4 Å². The average molecular weight is 410 g/mol. The molecule has 1 aliphatic rings. The van der Waals surface area contributed by atoms with E-state index < -0.39 is 0 Å². The number of hydrogen-bond donors (Lipinski definition) is 1. The number of amides is 2. The third-order valence-corrected chi connectivity index (χ3v) is 4.93. The number of benzene rings is 2. The number of halogens is 1. The fourth-order valence-electron chi connectivity index (χ4n) is 3.23. The molecule has 0 spiro atoms. The fourth-order valence-corrected chi connectivity index (χ4v) is 3.23. The van der Waals surface area contributed by atoms with E-state index in [9.17, 15) is 14.0 Å². The van der Waals surface area contributed by atoms with Crippen molar-refractivity contribution < 1.29 is 18.7 Å². The van der Waals surface area contributed by atoms with Crippen molar-refractivity contribution in [2.45, 2.75) is 33.1 Å². The van der Waals surface area contributed by atoms with Crippen molar-refractivity contribution in [1.29, 1.82) is 0 Å². The maximum atomic E-state index is 13.3. The summed E-state index contributed by atoms with van der Waals surface area (Å²) in [6.07, 6.45) is 2.63. The molecule has 0 saturated carbocycles. The predicted octanol–water partition coefficient (Wildman–Crippen LogP) is 4.53. The summed E-state index contributed by atoms with van der Waals surface area (Å²) in [5.74, 6) is -1.08. The minimum atomic E-state index is -0.381. The SMILES string of the molecule is CCCCOCCCN1C(=O)C(Nc2ccc(F)cc2)=C(c2ccc(C)cc2)C1=O. The van der Waals surface area contributed by atoms with Crippen LogP contribution in [-0.4, -0.2) is 36.5 Å². The van der Waals surface area contributed by atoms with Crippen LogP contribution in [0.4, 0.5) is 10.1 Å². The molecule has 0 radical (unpaired) electrons. The zero-order valence-electron chi connectivity index (χ0n) is 17.4. The average Bonchev–Trinajstić information content (AvgIpc) is 2.97. The van der Waals surface area contributed by atoms with Crippen LogP contribution in [0, 0.1) is 12.7 Å². The summed E-state index contributed by atoms with van der Waals surface area (Å²) < 4.78 is 18.8. The summed E-state index contributed by atoms with van der Waals surface area (Å²) >= 11 is 0. The first-order valence-corrected chi connectivity index (χ1v) is 10.3. The van der Waals surface area contributed by atoms with Gasteiger partial charge >= 0.3 is 0 Å². The van der Waals surface area contributed by atoms with E-state index in [0.717, 1.165) is 18.4 Å². The van der Waals surface area contributed by atoms with Gasteiger partial charge in [0.15, 0.2) is 0 Å². The van der Waals surface area contributed by atoms with Crippen LogP contribution in [0.2, 0.25) is 0 Å². The van der Waals surface area contributed by atoms with E-state index in [0.29, 0.717) is 36.5 Å². The molecule has 1 N–H and O–H groups in total. The minimum Gasteiger partial charge on any atom is -0.381 e. The molecule has 2 aromatic carbocycles. The van der Waals surface area contributed by atoms with Gasteiger partial charge in [-0.3, -0.25) is 14.5 Å². The summed E-state index contributed by atoms with van der Waals surface area (Å²) in [5.41, 5.74) is 2.82. The van der Waals surface area contributed by atoms with Crippen molar-refractivity contribution in [1.82, 2.24) is 4.90 Å². The van der Waals surface area contributed by atoms with Crippen LogP contribution in [0.3, 0.4) is 0 Å². The normalized spacial score (nSPS) is 14.0. The number of carbonyl (C=O) groups excluding carboxylic acids is 2. The summed E-state index contributed by atoms with van der Waals surface area (Å²) in [4.78, 5) is 27.5. The Balaban J connectivity index is 1.81. The van der Waals surface area contributed by atoms with Crippen LogP contribution in [-0.2, 0) is 14.3 Å². The zero-order valence-corrected chi connectivity index (χ0v) is 17.4. The largest absolute Gasteiger partial charge is 0.381 e. The predicted molar refractivity (Wildman–Crippen MR) is 115 cm³/mol. The lowest BCUT2D eigenvalue weighted by Crippen LogP contribution is -2.34. The number of nitrogens with one attached hydrogen (secondary N) is 1. The molecule has 0 atom stereocenters. The topological polar surface area (TPSA) is 58.6 Å². The molecule has 2 aromatic rings.